The Kier molecular flexibility index (Phi) is 10.4. The minimum atomic E-state index is 0.702. The molecule has 1 rings (SSSR count). The lowest BCUT2D eigenvalue weighted by atomic mass is 10.4. The van der Waals surface area contributed by atoms with Gasteiger partial charge in [-0.15, -0.1) is 11.3 Å². The second-order valence-corrected chi connectivity index (χ2v) is 5.70. The van der Waals surface area contributed by atoms with Gasteiger partial charge >= 0.3 is 0 Å². The van der Waals surface area contributed by atoms with Crippen LogP contribution in [-0.2, 0) is 20.8 Å². The van der Waals surface area contributed by atoms with E-state index in [2.05, 4.69) is 15.2 Å². The van der Waals surface area contributed by atoms with Crippen molar-refractivity contribution in [3.8, 4) is 0 Å². The van der Waals surface area contributed by atoms with Crippen molar-refractivity contribution in [3.05, 3.63) is 11.1 Å². The number of aromatic nitrogens is 1. The maximum absolute atomic E-state index is 5.18. The first-order valence-electron chi connectivity index (χ1n) is 7.19. The van der Waals surface area contributed by atoms with Crippen LogP contribution in [0.2, 0.25) is 0 Å². The fraction of sp³-hybridized carbons (Fsp3) is 0.786. The molecule has 7 heteroatoms. The minimum absolute atomic E-state index is 0.702. The molecule has 0 aromatic carbocycles. The van der Waals surface area contributed by atoms with Gasteiger partial charge in [0.2, 0.25) is 0 Å². The Morgan fingerprint density at radius 1 is 1.10 bits per heavy atom. The van der Waals surface area contributed by atoms with E-state index in [9.17, 15) is 0 Å². The van der Waals surface area contributed by atoms with Gasteiger partial charge in [0, 0.05) is 65.2 Å². The lowest BCUT2D eigenvalue weighted by Crippen LogP contribution is -2.28. The molecule has 1 aromatic rings. The Labute approximate surface area is 131 Å². The van der Waals surface area contributed by atoms with Crippen LogP contribution in [0, 0.1) is 0 Å². The van der Waals surface area contributed by atoms with Crippen molar-refractivity contribution in [3.63, 3.8) is 0 Å². The number of thiazole rings is 1. The van der Waals surface area contributed by atoms with Gasteiger partial charge in [0.25, 0.3) is 0 Å². The van der Waals surface area contributed by atoms with Crippen LogP contribution in [0.25, 0.3) is 0 Å². The van der Waals surface area contributed by atoms with E-state index in [4.69, 9.17) is 14.2 Å². The predicted molar refractivity (Wildman–Crippen MR) is 86.3 cm³/mol. The fourth-order valence-corrected chi connectivity index (χ4v) is 2.75. The summed E-state index contributed by atoms with van der Waals surface area (Å²) in [6.45, 7) is 5.66. The van der Waals surface area contributed by atoms with E-state index in [1.807, 2.05) is 6.20 Å². The summed E-state index contributed by atoms with van der Waals surface area (Å²) in [6.07, 6.45) is 2.93. The van der Waals surface area contributed by atoms with Crippen molar-refractivity contribution in [2.75, 3.05) is 65.7 Å². The molecule has 0 amide bonds. The molecule has 1 aromatic heterocycles. The van der Waals surface area contributed by atoms with Gasteiger partial charge in [-0.25, -0.2) is 4.98 Å². The summed E-state index contributed by atoms with van der Waals surface area (Å²) in [5.41, 5.74) is 0. The largest absolute Gasteiger partial charge is 0.385 e. The van der Waals surface area contributed by atoms with Gasteiger partial charge in [-0.2, -0.15) is 0 Å². The van der Waals surface area contributed by atoms with E-state index < -0.39 is 0 Å². The first kappa shape index (κ1) is 18.3. The fourth-order valence-electron chi connectivity index (χ4n) is 1.82. The summed E-state index contributed by atoms with van der Waals surface area (Å²) >= 11 is 1.72. The molecule has 21 heavy (non-hydrogen) atoms. The van der Waals surface area contributed by atoms with Crippen molar-refractivity contribution in [2.24, 2.45) is 0 Å². The molecule has 0 unspecified atom stereocenters. The third-order valence-electron chi connectivity index (χ3n) is 2.94. The highest BCUT2D eigenvalue weighted by Crippen LogP contribution is 2.22. The Morgan fingerprint density at radius 3 is 2.57 bits per heavy atom. The van der Waals surface area contributed by atoms with Crippen molar-refractivity contribution < 1.29 is 14.2 Å². The average Bonchev–Trinajstić information content (AvgIpc) is 2.96. The smallest absolute Gasteiger partial charge is 0.185 e. The summed E-state index contributed by atoms with van der Waals surface area (Å²) in [4.78, 5) is 8.01. The SMILES string of the molecule is COCCCN(CCOC)c1ncc(CNCCOC)s1. The monoisotopic (exact) mass is 317 g/mol. The van der Waals surface area contributed by atoms with Crippen LogP contribution >= 0.6 is 11.3 Å². The van der Waals surface area contributed by atoms with Crippen LogP contribution < -0.4 is 10.2 Å². The van der Waals surface area contributed by atoms with Gasteiger partial charge in [-0.05, 0) is 6.42 Å². The van der Waals surface area contributed by atoms with E-state index in [1.54, 1.807) is 32.7 Å². The second kappa shape index (κ2) is 11.9. The number of hydrogen-bond acceptors (Lipinski definition) is 7. The molecule has 0 aliphatic carbocycles. The molecule has 0 aliphatic heterocycles. The van der Waals surface area contributed by atoms with E-state index in [0.717, 1.165) is 50.9 Å². The van der Waals surface area contributed by atoms with Crippen LogP contribution in [-0.4, -0.2) is 65.8 Å². The molecule has 1 N–H and O–H groups in total. The third kappa shape index (κ3) is 7.73. The van der Waals surface area contributed by atoms with Gasteiger partial charge in [-0.1, -0.05) is 0 Å². The first-order valence-corrected chi connectivity index (χ1v) is 8.00. The van der Waals surface area contributed by atoms with Gasteiger partial charge in [0.05, 0.1) is 13.2 Å². The minimum Gasteiger partial charge on any atom is -0.385 e. The highest BCUT2D eigenvalue weighted by Gasteiger charge is 2.11. The van der Waals surface area contributed by atoms with Gasteiger partial charge in [-0.3, -0.25) is 0 Å². The Hall–Kier alpha value is -0.730. The Morgan fingerprint density at radius 2 is 1.86 bits per heavy atom. The van der Waals surface area contributed by atoms with Crippen LogP contribution in [0.1, 0.15) is 11.3 Å². The van der Waals surface area contributed by atoms with Crippen molar-refractivity contribution in [2.45, 2.75) is 13.0 Å². The Balaban J connectivity index is 2.46. The topological polar surface area (TPSA) is 55.9 Å². The molecule has 0 spiro atoms. The number of anilines is 1. The summed E-state index contributed by atoms with van der Waals surface area (Å²) in [7, 11) is 5.16. The lowest BCUT2D eigenvalue weighted by molar-refractivity contribution is 0.191. The Bertz CT molecular complexity index is 363. The van der Waals surface area contributed by atoms with E-state index in [-0.39, 0.29) is 0 Å². The number of hydrogen-bond donors (Lipinski definition) is 1. The van der Waals surface area contributed by atoms with Crippen LogP contribution in [0.3, 0.4) is 0 Å². The number of rotatable bonds is 13. The summed E-state index contributed by atoms with van der Waals surface area (Å²) < 4.78 is 15.3. The summed E-state index contributed by atoms with van der Waals surface area (Å²) in [5.74, 6) is 0. The molecule has 0 radical (unpaired) electrons. The average molecular weight is 317 g/mol. The molecular formula is C14H27N3O3S. The molecular weight excluding hydrogens is 290 g/mol. The maximum Gasteiger partial charge on any atom is 0.185 e. The second-order valence-electron chi connectivity index (χ2n) is 4.60. The molecule has 0 aliphatic rings. The van der Waals surface area contributed by atoms with Crippen LogP contribution in [0.5, 0.6) is 0 Å². The van der Waals surface area contributed by atoms with Crippen molar-refractivity contribution >= 4 is 16.5 Å². The zero-order chi connectivity index (χ0) is 15.3. The third-order valence-corrected chi connectivity index (χ3v) is 3.99. The number of nitrogens with zero attached hydrogens (tertiary/aromatic N) is 2. The molecule has 6 nitrogen and oxygen atoms in total. The van der Waals surface area contributed by atoms with Crippen molar-refractivity contribution in [1.82, 2.24) is 10.3 Å². The molecule has 122 valence electrons. The molecule has 0 bridgehead atoms. The molecule has 0 atom stereocenters. The standard InChI is InChI=1S/C14H27N3O3S/c1-18-8-4-6-17(7-10-20-3)14-16-12-13(21-14)11-15-5-9-19-2/h12,15H,4-11H2,1-3H3. The molecule has 0 saturated heterocycles. The maximum atomic E-state index is 5.18. The molecule has 0 saturated carbocycles. The van der Waals surface area contributed by atoms with Gasteiger partial charge in [0.1, 0.15) is 0 Å². The van der Waals surface area contributed by atoms with Gasteiger partial charge < -0.3 is 24.4 Å². The van der Waals surface area contributed by atoms with E-state index >= 15 is 0 Å². The molecule has 1 heterocycles. The summed E-state index contributed by atoms with van der Waals surface area (Å²) in [5, 5.41) is 4.38. The van der Waals surface area contributed by atoms with Gasteiger partial charge in [0.15, 0.2) is 5.13 Å². The van der Waals surface area contributed by atoms with Crippen LogP contribution in [0.15, 0.2) is 6.20 Å². The predicted octanol–water partition coefficient (Wildman–Crippen LogP) is 1.37. The van der Waals surface area contributed by atoms with E-state index in [1.165, 1.54) is 4.88 Å². The lowest BCUT2D eigenvalue weighted by Gasteiger charge is -2.21. The number of ether oxygens (including phenoxy) is 3. The molecule has 0 fully saturated rings. The zero-order valence-corrected chi connectivity index (χ0v) is 14.1. The summed E-state index contributed by atoms with van der Waals surface area (Å²) in [6, 6.07) is 0. The number of nitrogens with one attached hydrogen (secondary N) is 1. The zero-order valence-electron chi connectivity index (χ0n) is 13.3. The highest BCUT2D eigenvalue weighted by molar-refractivity contribution is 7.15. The normalized spacial score (nSPS) is 11.0. The first-order chi connectivity index (χ1) is 10.3. The highest BCUT2D eigenvalue weighted by atomic mass is 32.1. The quantitative estimate of drug-likeness (QED) is 0.555. The van der Waals surface area contributed by atoms with Crippen LogP contribution in [0.4, 0.5) is 5.13 Å². The van der Waals surface area contributed by atoms with Crippen molar-refractivity contribution in [1.29, 1.82) is 0 Å². The number of methoxy groups -OCH3 is 3. The van der Waals surface area contributed by atoms with E-state index in [0.29, 0.717) is 6.61 Å².